The van der Waals surface area contributed by atoms with Gasteiger partial charge in [-0.3, -0.25) is 4.90 Å². The smallest absolute Gasteiger partial charge is 0.233 e. The van der Waals surface area contributed by atoms with Gasteiger partial charge in [-0.25, -0.2) is 4.98 Å². The van der Waals surface area contributed by atoms with Crippen molar-refractivity contribution in [3.05, 3.63) is 11.2 Å². The topological polar surface area (TPSA) is 71.5 Å². The molecule has 0 unspecified atom stereocenters. The predicted octanol–water partition coefficient (Wildman–Crippen LogP) is 0.757. The van der Waals surface area contributed by atoms with Gasteiger partial charge >= 0.3 is 0 Å². The Labute approximate surface area is 134 Å². The fraction of sp³-hybridized carbons (Fsp3) is 0.583. The molecule has 0 atom stereocenters. The summed E-state index contributed by atoms with van der Waals surface area (Å²) in [6, 6.07) is 1.53. The van der Waals surface area contributed by atoms with Gasteiger partial charge in [-0.15, -0.1) is 0 Å². The van der Waals surface area contributed by atoms with Crippen molar-refractivity contribution in [1.29, 1.82) is 0 Å². The van der Waals surface area contributed by atoms with E-state index in [1.54, 1.807) is 0 Å². The fourth-order valence-corrected chi connectivity index (χ4v) is 2.22. The van der Waals surface area contributed by atoms with Gasteiger partial charge in [0.05, 0.1) is 20.3 Å². The molecular weight excluding hydrogens is 314 g/mol. The molecule has 1 aromatic rings. The highest BCUT2D eigenvalue weighted by Gasteiger charge is 2.10. The van der Waals surface area contributed by atoms with E-state index in [0.717, 1.165) is 39.4 Å². The second-order valence-corrected chi connectivity index (χ2v) is 5.19. The lowest BCUT2D eigenvalue weighted by Gasteiger charge is -2.26. The molecule has 0 radical (unpaired) electrons. The van der Waals surface area contributed by atoms with E-state index in [1.165, 1.54) is 13.2 Å². The SMILES string of the molecule is COc1cc(Cl)nc(NC(=S)NCCN2CCOCC2)n1. The molecule has 0 aromatic carbocycles. The van der Waals surface area contributed by atoms with Crippen molar-refractivity contribution in [2.24, 2.45) is 0 Å². The Morgan fingerprint density at radius 1 is 1.48 bits per heavy atom. The van der Waals surface area contributed by atoms with E-state index < -0.39 is 0 Å². The molecule has 1 fully saturated rings. The van der Waals surface area contributed by atoms with Gasteiger partial charge in [-0.05, 0) is 12.2 Å². The van der Waals surface area contributed by atoms with Crippen molar-refractivity contribution in [2.45, 2.75) is 0 Å². The summed E-state index contributed by atoms with van der Waals surface area (Å²) < 4.78 is 10.3. The lowest BCUT2D eigenvalue weighted by atomic mass is 10.4. The van der Waals surface area contributed by atoms with Crippen molar-refractivity contribution >= 4 is 34.9 Å². The molecule has 1 saturated heterocycles. The fourth-order valence-electron chi connectivity index (χ4n) is 1.86. The van der Waals surface area contributed by atoms with Gasteiger partial charge in [0, 0.05) is 32.2 Å². The monoisotopic (exact) mass is 331 g/mol. The molecule has 1 aliphatic heterocycles. The number of hydrogen-bond acceptors (Lipinski definition) is 6. The van der Waals surface area contributed by atoms with Gasteiger partial charge < -0.3 is 20.1 Å². The van der Waals surface area contributed by atoms with Gasteiger partial charge in [0.15, 0.2) is 5.11 Å². The highest BCUT2D eigenvalue weighted by molar-refractivity contribution is 7.80. The first kappa shape index (κ1) is 16.2. The summed E-state index contributed by atoms with van der Waals surface area (Å²) >= 11 is 11.1. The zero-order chi connectivity index (χ0) is 15.1. The van der Waals surface area contributed by atoms with Crippen molar-refractivity contribution in [3.8, 4) is 5.88 Å². The molecule has 0 aliphatic carbocycles. The minimum Gasteiger partial charge on any atom is -0.481 e. The van der Waals surface area contributed by atoms with Gasteiger partial charge in [0.25, 0.3) is 0 Å². The number of methoxy groups -OCH3 is 1. The van der Waals surface area contributed by atoms with E-state index in [4.69, 9.17) is 33.3 Å². The Hall–Kier alpha value is -1.22. The normalized spacial score (nSPS) is 15.5. The van der Waals surface area contributed by atoms with E-state index in [0.29, 0.717) is 22.1 Å². The van der Waals surface area contributed by atoms with Gasteiger partial charge in [-0.1, -0.05) is 11.6 Å². The van der Waals surface area contributed by atoms with Crippen LogP contribution in [0, 0.1) is 0 Å². The molecule has 21 heavy (non-hydrogen) atoms. The van der Waals surface area contributed by atoms with Crippen LogP contribution in [0.3, 0.4) is 0 Å². The number of nitrogens with zero attached hydrogens (tertiary/aromatic N) is 3. The standard InChI is InChI=1S/C12H18ClN5O2S/c1-19-10-8-9(13)15-11(16-10)17-12(21)14-2-3-18-4-6-20-7-5-18/h8H,2-7H2,1H3,(H2,14,15,16,17,21). The Kier molecular flexibility index (Phi) is 6.37. The number of rotatable bonds is 5. The highest BCUT2D eigenvalue weighted by Crippen LogP contribution is 2.15. The number of hydrogen-bond donors (Lipinski definition) is 2. The zero-order valence-corrected chi connectivity index (χ0v) is 13.3. The van der Waals surface area contributed by atoms with Crippen LogP contribution in [0.2, 0.25) is 5.15 Å². The van der Waals surface area contributed by atoms with Gasteiger partial charge in [-0.2, -0.15) is 4.98 Å². The molecule has 0 spiro atoms. The number of morpholine rings is 1. The maximum Gasteiger partial charge on any atom is 0.233 e. The van der Waals surface area contributed by atoms with Crippen LogP contribution in [-0.4, -0.2) is 66.5 Å². The van der Waals surface area contributed by atoms with Crippen LogP contribution in [0.5, 0.6) is 5.88 Å². The lowest BCUT2D eigenvalue weighted by molar-refractivity contribution is 0.0389. The number of halogens is 1. The van der Waals surface area contributed by atoms with E-state index in [-0.39, 0.29) is 0 Å². The summed E-state index contributed by atoms with van der Waals surface area (Å²) in [6.07, 6.45) is 0. The van der Waals surface area contributed by atoms with Crippen LogP contribution < -0.4 is 15.4 Å². The van der Waals surface area contributed by atoms with Gasteiger partial charge in [0.1, 0.15) is 5.15 Å². The van der Waals surface area contributed by atoms with Crippen molar-refractivity contribution in [2.75, 3.05) is 51.8 Å². The maximum absolute atomic E-state index is 5.86. The Balaban J connectivity index is 1.75. The number of ether oxygens (including phenoxy) is 2. The molecule has 2 rings (SSSR count). The van der Waals surface area contributed by atoms with Gasteiger partial charge in [0.2, 0.25) is 11.8 Å². The summed E-state index contributed by atoms with van der Waals surface area (Å²) in [4.78, 5) is 10.5. The number of nitrogens with one attached hydrogen (secondary N) is 2. The summed E-state index contributed by atoms with van der Waals surface area (Å²) in [6.45, 7) is 5.14. The van der Waals surface area contributed by atoms with E-state index in [2.05, 4.69) is 25.5 Å². The molecule has 2 heterocycles. The van der Waals surface area contributed by atoms with Crippen LogP contribution in [0.1, 0.15) is 0 Å². The molecule has 2 N–H and O–H groups in total. The number of thiocarbonyl (C=S) groups is 1. The molecule has 9 heteroatoms. The molecule has 0 saturated carbocycles. The predicted molar refractivity (Wildman–Crippen MR) is 85.1 cm³/mol. The summed E-state index contributed by atoms with van der Waals surface area (Å²) in [5, 5.41) is 6.74. The second-order valence-electron chi connectivity index (χ2n) is 4.39. The van der Waals surface area contributed by atoms with Crippen LogP contribution in [0.25, 0.3) is 0 Å². The minimum absolute atomic E-state index is 0.292. The van der Waals surface area contributed by atoms with E-state index in [1.807, 2.05) is 0 Å². The first-order valence-corrected chi connectivity index (χ1v) is 7.39. The molecule has 116 valence electrons. The Morgan fingerprint density at radius 3 is 2.95 bits per heavy atom. The third kappa shape index (κ3) is 5.58. The summed E-state index contributed by atoms with van der Waals surface area (Å²) in [7, 11) is 1.52. The van der Waals surface area contributed by atoms with Crippen molar-refractivity contribution < 1.29 is 9.47 Å². The largest absolute Gasteiger partial charge is 0.481 e. The number of aromatic nitrogens is 2. The Morgan fingerprint density at radius 2 is 2.24 bits per heavy atom. The first-order chi connectivity index (χ1) is 10.2. The maximum atomic E-state index is 5.86. The molecule has 1 aromatic heterocycles. The quantitative estimate of drug-likeness (QED) is 0.605. The van der Waals surface area contributed by atoms with Crippen LogP contribution in [0.4, 0.5) is 5.95 Å². The number of anilines is 1. The Bertz CT molecular complexity index is 485. The van der Waals surface area contributed by atoms with Crippen molar-refractivity contribution in [1.82, 2.24) is 20.2 Å². The summed E-state index contributed by atoms with van der Waals surface area (Å²) in [5.74, 6) is 0.692. The second kappa shape index (κ2) is 8.28. The lowest BCUT2D eigenvalue weighted by Crippen LogP contribution is -2.42. The first-order valence-electron chi connectivity index (χ1n) is 6.61. The third-order valence-electron chi connectivity index (χ3n) is 2.92. The third-order valence-corrected chi connectivity index (χ3v) is 3.36. The molecular formula is C12H18ClN5O2S. The van der Waals surface area contributed by atoms with E-state index in [9.17, 15) is 0 Å². The molecule has 0 amide bonds. The molecule has 0 bridgehead atoms. The average Bonchev–Trinajstić information content (AvgIpc) is 2.47. The van der Waals surface area contributed by atoms with Crippen molar-refractivity contribution in [3.63, 3.8) is 0 Å². The average molecular weight is 332 g/mol. The highest BCUT2D eigenvalue weighted by atomic mass is 35.5. The van der Waals surface area contributed by atoms with Crippen LogP contribution in [0.15, 0.2) is 6.07 Å². The summed E-state index contributed by atoms with van der Waals surface area (Å²) in [5.41, 5.74) is 0. The minimum atomic E-state index is 0.292. The van der Waals surface area contributed by atoms with Crippen LogP contribution in [-0.2, 0) is 4.74 Å². The van der Waals surface area contributed by atoms with E-state index >= 15 is 0 Å². The molecule has 7 nitrogen and oxygen atoms in total. The zero-order valence-electron chi connectivity index (χ0n) is 11.8. The molecule has 1 aliphatic rings. The van der Waals surface area contributed by atoms with Crippen LogP contribution >= 0.6 is 23.8 Å².